The number of hydrogen-bond acceptors (Lipinski definition) is 5. The van der Waals surface area contributed by atoms with Crippen LogP contribution >= 0.6 is 11.3 Å². The molecule has 0 spiro atoms. The highest BCUT2D eigenvalue weighted by atomic mass is 32.1. The van der Waals surface area contributed by atoms with Crippen molar-refractivity contribution in [2.75, 3.05) is 11.9 Å². The molecule has 0 saturated heterocycles. The summed E-state index contributed by atoms with van der Waals surface area (Å²) in [6, 6.07) is 6.17. The van der Waals surface area contributed by atoms with Crippen molar-refractivity contribution in [3.8, 4) is 0 Å². The van der Waals surface area contributed by atoms with Crippen molar-refractivity contribution in [3.63, 3.8) is 0 Å². The van der Waals surface area contributed by atoms with E-state index in [1.54, 1.807) is 31.5 Å². The van der Waals surface area contributed by atoms with E-state index in [-0.39, 0.29) is 30.2 Å². The molecule has 24 heavy (non-hydrogen) atoms. The van der Waals surface area contributed by atoms with Gasteiger partial charge in [0.2, 0.25) is 5.91 Å². The molecule has 0 aliphatic carbocycles. The Morgan fingerprint density at radius 1 is 1.42 bits per heavy atom. The van der Waals surface area contributed by atoms with E-state index in [9.17, 15) is 14.0 Å². The molecule has 1 heterocycles. The average Bonchev–Trinajstić information content (AvgIpc) is 3.00. The van der Waals surface area contributed by atoms with Crippen LogP contribution in [0.15, 0.2) is 29.6 Å². The predicted octanol–water partition coefficient (Wildman–Crippen LogP) is 3.19. The van der Waals surface area contributed by atoms with Crippen LogP contribution in [0.4, 0.5) is 9.52 Å². The number of halogens is 1. The van der Waals surface area contributed by atoms with Crippen molar-refractivity contribution >= 4 is 28.3 Å². The lowest BCUT2D eigenvalue weighted by Crippen LogP contribution is -2.22. The first-order valence-electron chi connectivity index (χ1n) is 7.46. The smallest absolute Gasteiger partial charge is 0.309 e. The largest absolute Gasteiger partial charge is 0.459 e. The van der Waals surface area contributed by atoms with Crippen LogP contribution < -0.4 is 4.90 Å². The molecule has 1 aromatic carbocycles. The monoisotopic (exact) mass is 350 g/mol. The number of aromatic nitrogens is 1. The van der Waals surface area contributed by atoms with E-state index in [0.29, 0.717) is 17.2 Å². The molecule has 0 N–H and O–H groups in total. The first-order valence-corrected chi connectivity index (χ1v) is 8.34. The summed E-state index contributed by atoms with van der Waals surface area (Å²) in [5.74, 6) is -1.19. The highest BCUT2D eigenvalue weighted by molar-refractivity contribution is 7.14. The minimum Gasteiger partial charge on any atom is -0.459 e. The van der Waals surface area contributed by atoms with Gasteiger partial charge in [-0.2, -0.15) is 0 Å². The summed E-state index contributed by atoms with van der Waals surface area (Å²) < 4.78 is 18.4. The molecule has 2 aromatic rings. The average molecular weight is 350 g/mol. The second-order valence-corrected chi connectivity index (χ2v) is 6.38. The fraction of sp³-hybridized carbons (Fsp3) is 0.353. The van der Waals surface area contributed by atoms with Crippen LogP contribution in [0, 0.1) is 11.7 Å². The van der Waals surface area contributed by atoms with E-state index >= 15 is 0 Å². The van der Waals surface area contributed by atoms with Gasteiger partial charge in [0.1, 0.15) is 12.4 Å². The number of esters is 1. The Bertz CT molecular complexity index is 732. The van der Waals surface area contributed by atoms with E-state index in [1.807, 2.05) is 0 Å². The lowest BCUT2D eigenvalue weighted by Gasteiger charge is -2.11. The molecule has 5 nitrogen and oxygen atoms in total. The summed E-state index contributed by atoms with van der Waals surface area (Å²) in [6.45, 7) is 3.24. The van der Waals surface area contributed by atoms with Crippen LogP contribution in [0.1, 0.15) is 25.1 Å². The lowest BCUT2D eigenvalue weighted by atomic mass is 10.0. The van der Waals surface area contributed by atoms with Crippen molar-refractivity contribution in [1.29, 1.82) is 0 Å². The van der Waals surface area contributed by atoms with Crippen LogP contribution in [0.3, 0.4) is 0 Å². The van der Waals surface area contributed by atoms with Gasteiger partial charge in [0, 0.05) is 19.4 Å². The van der Waals surface area contributed by atoms with Gasteiger partial charge in [-0.05, 0) is 24.1 Å². The molecule has 0 saturated carbocycles. The number of anilines is 1. The standard InChI is InChI=1S/C17H19FN2O3S/c1-11(7-13-5-4-6-14(18)8-13)16(22)23-9-15-10-24-17(19-15)20(3)12(2)21/h4-6,8,10-11H,7,9H2,1-3H3. The van der Waals surface area contributed by atoms with E-state index in [0.717, 1.165) is 5.56 Å². The predicted molar refractivity (Wildman–Crippen MR) is 90.3 cm³/mol. The number of amides is 1. The Morgan fingerprint density at radius 3 is 2.83 bits per heavy atom. The van der Waals surface area contributed by atoms with E-state index in [1.165, 1.54) is 35.3 Å². The van der Waals surface area contributed by atoms with Gasteiger partial charge in [-0.15, -0.1) is 11.3 Å². The molecule has 7 heteroatoms. The van der Waals surface area contributed by atoms with Crippen LogP contribution in [0.2, 0.25) is 0 Å². The molecule has 1 atom stereocenters. The van der Waals surface area contributed by atoms with Gasteiger partial charge in [-0.3, -0.25) is 14.5 Å². The van der Waals surface area contributed by atoms with Gasteiger partial charge in [0.05, 0.1) is 11.6 Å². The van der Waals surface area contributed by atoms with E-state index < -0.39 is 0 Å². The Hall–Kier alpha value is -2.28. The number of ether oxygens (including phenoxy) is 1. The Morgan fingerprint density at radius 2 is 2.17 bits per heavy atom. The normalized spacial score (nSPS) is 11.8. The van der Waals surface area contributed by atoms with Gasteiger partial charge < -0.3 is 4.74 Å². The van der Waals surface area contributed by atoms with Crippen molar-refractivity contribution in [1.82, 2.24) is 4.98 Å². The highest BCUT2D eigenvalue weighted by Crippen LogP contribution is 2.20. The topological polar surface area (TPSA) is 59.5 Å². The fourth-order valence-corrected chi connectivity index (χ4v) is 2.86. The minimum atomic E-state index is -0.384. The van der Waals surface area contributed by atoms with Crippen LogP contribution in [0.5, 0.6) is 0 Å². The second-order valence-electron chi connectivity index (χ2n) is 5.54. The SMILES string of the molecule is CC(=O)N(C)c1nc(COC(=O)C(C)Cc2cccc(F)c2)cs1. The van der Waals surface area contributed by atoms with Crippen LogP contribution in [-0.4, -0.2) is 23.9 Å². The van der Waals surface area contributed by atoms with Gasteiger partial charge in [-0.1, -0.05) is 19.1 Å². The number of carbonyl (C=O) groups excluding carboxylic acids is 2. The zero-order valence-corrected chi connectivity index (χ0v) is 14.6. The third-order valence-corrected chi connectivity index (χ3v) is 4.46. The number of nitrogens with zero attached hydrogens (tertiary/aromatic N) is 2. The maximum Gasteiger partial charge on any atom is 0.309 e. The summed E-state index contributed by atoms with van der Waals surface area (Å²) in [7, 11) is 1.64. The number of hydrogen-bond donors (Lipinski definition) is 0. The number of benzene rings is 1. The third kappa shape index (κ3) is 4.86. The summed E-state index contributed by atoms with van der Waals surface area (Å²) in [6.07, 6.45) is 0.409. The first-order chi connectivity index (χ1) is 11.4. The zero-order valence-electron chi connectivity index (χ0n) is 13.8. The molecule has 1 unspecified atom stereocenters. The second kappa shape index (κ2) is 8.01. The lowest BCUT2D eigenvalue weighted by molar-refractivity contribution is -0.149. The van der Waals surface area contributed by atoms with Crippen LogP contribution in [0.25, 0.3) is 0 Å². The minimum absolute atomic E-state index is 0.0502. The Labute approximate surface area is 144 Å². The van der Waals surface area contributed by atoms with Crippen molar-refractivity contribution in [3.05, 3.63) is 46.7 Å². The fourth-order valence-electron chi connectivity index (χ4n) is 2.04. The molecule has 0 radical (unpaired) electrons. The Kier molecular flexibility index (Phi) is 6.03. The van der Waals surface area contributed by atoms with Crippen molar-refractivity contribution in [2.45, 2.75) is 26.9 Å². The van der Waals surface area contributed by atoms with Gasteiger partial charge in [0.15, 0.2) is 5.13 Å². The quantitative estimate of drug-likeness (QED) is 0.751. The van der Waals surface area contributed by atoms with Gasteiger partial charge >= 0.3 is 5.97 Å². The molecule has 128 valence electrons. The maximum atomic E-state index is 13.2. The number of rotatable bonds is 6. The molecule has 0 aliphatic rings. The van der Waals surface area contributed by atoms with Crippen LogP contribution in [-0.2, 0) is 27.4 Å². The zero-order chi connectivity index (χ0) is 17.7. The van der Waals surface area contributed by atoms with Crippen molar-refractivity contribution < 1.29 is 18.7 Å². The molecule has 2 rings (SSSR count). The highest BCUT2D eigenvalue weighted by Gasteiger charge is 2.17. The molecule has 0 bridgehead atoms. The summed E-state index contributed by atoms with van der Waals surface area (Å²) >= 11 is 1.31. The molecular weight excluding hydrogens is 331 g/mol. The molecule has 0 aliphatic heterocycles. The molecule has 1 amide bonds. The van der Waals surface area contributed by atoms with Gasteiger partial charge in [-0.25, -0.2) is 9.37 Å². The maximum absolute atomic E-state index is 13.2. The third-order valence-electron chi connectivity index (χ3n) is 3.49. The first kappa shape index (κ1) is 18.1. The molecule has 0 fully saturated rings. The number of thiazole rings is 1. The molecule has 1 aromatic heterocycles. The van der Waals surface area contributed by atoms with Crippen molar-refractivity contribution in [2.24, 2.45) is 5.92 Å². The molecular formula is C17H19FN2O3S. The van der Waals surface area contributed by atoms with E-state index in [4.69, 9.17) is 4.74 Å². The number of carbonyl (C=O) groups is 2. The summed E-state index contributed by atoms with van der Waals surface area (Å²) in [4.78, 5) is 29.0. The van der Waals surface area contributed by atoms with Gasteiger partial charge in [0.25, 0.3) is 0 Å². The van der Waals surface area contributed by atoms with E-state index in [2.05, 4.69) is 4.98 Å². The summed E-state index contributed by atoms with van der Waals surface area (Å²) in [5, 5.41) is 2.31. The Balaban J connectivity index is 1.87. The summed E-state index contributed by atoms with van der Waals surface area (Å²) in [5.41, 5.74) is 1.34.